The quantitative estimate of drug-likeness (QED) is 0.0315. The van der Waals surface area contributed by atoms with Crippen LogP contribution in [0.4, 0.5) is 0 Å². The first-order valence-electron chi connectivity index (χ1n) is 20.8. The van der Waals surface area contributed by atoms with Gasteiger partial charge in [0.15, 0.2) is 18.7 Å². The molecule has 2 fully saturated rings. The number of unbranched alkanes of at least 4 members (excludes halogenated alkanes) is 14. The van der Waals surface area contributed by atoms with Crippen LogP contribution in [0.1, 0.15) is 136 Å². The van der Waals surface area contributed by atoms with E-state index in [1.54, 1.807) is 0 Å². The Hall–Kier alpha value is -1.76. The fourth-order valence-corrected chi connectivity index (χ4v) is 6.44. The van der Waals surface area contributed by atoms with Crippen molar-refractivity contribution in [2.75, 3.05) is 26.4 Å². The van der Waals surface area contributed by atoms with Crippen LogP contribution in [0.15, 0.2) is 12.2 Å². The highest BCUT2D eigenvalue weighted by atomic mass is 16.7. The number of ether oxygens (including phenoxy) is 6. The predicted octanol–water partition coefficient (Wildman–Crippen LogP) is 3.09. The van der Waals surface area contributed by atoms with Gasteiger partial charge in [0.25, 0.3) is 0 Å². The summed E-state index contributed by atoms with van der Waals surface area (Å²) in [7, 11) is 0. The van der Waals surface area contributed by atoms with Gasteiger partial charge in [-0.3, -0.25) is 9.59 Å². The zero-order chi connectivity index (χ0) is 40.4. The van der Waals surface area contributed by atoms with E-state index in [-0.39, 0.29) is 26.1 Å². The van der Waals surface area contributed by atoms with E-state index < -0.39 is 92.7 Å². The Labute approximate surface area is 327 Å². The number of aliphatic hydroxyl groups excluding tert-OH is 7. The fraction of sp³-hybridized carbons (Fsp3) is 0.900. The number of esters is 2. The second kappa shape index (κ2) is 29.5. The van der Waals surface area contributed by atoms with Crippen molar-refractivity contribution < 1.29 is 73.8 Å². The molecule has 0 saturated carbocycles. The summed E-state index contributed by atoms with van der Waals surface area (Å²) in [6.45, 7) is 2.44. The third-order valence-electron chi connectivity index (χ3n) is 9.99. The Morgan fingerprint density at radius 2 is 1.04 bits per heavy atom. The Morgan fingerprint density at radius 3 is 1.60 bits per heavy atom. The molecule has 15 heteroatoms. The molecule has 2 heterocycles. The van der Waals surface area contributed by atoms with E-state index in [2.05, 4.69) is 26.0 Å². The summed E-state index contributed by atoms with van der Waals surface area (Å²) in [5, 5.41) is 71.5. The van der Waals surface area contributed by atoms with Gasteiger partial charge in [-0.15, -0.1) is 0 Å². The van der Waals surface area contributed by atoms with Crippen LogP contribution in [-0.2, 0) is 38.0 Å². The highest BCUT2D eigenvalue weighted by Crippen LogP contribution is 2.26. The zero-order valence-electron chi connectivity index (χ0n) is 33.2. The van der Waals surface area contributed by atoms with Crippen LogP contribution in [0, 0.1) is 0 Å². The molecule has 0 spiro atoms. The van der Waals surface area contributed by atoms with Crippen molar-refractivity contribution in [3.8, 4) is 0 Å². The third kappa shape index (κ3) is 19.5. The Balaban J connectivity index is 1.86. The smallest absolute Gasteiger partial charge is 0.306 e. The lowest BCUT2D eigenvalue weighted by Crippen LogP contribution is -2.61. The van der Waals surface area contributed by atoms with E-state index in [4.69, 9.17) is 28.4 Å². The van der Waals surface area contributed by atoms with E-state index in [0.717, 1.165) is 64.2 Å². The van der Waals surface area contributed by atoms with E-state index in [1.807, 2.05) is 0 Å². The lowest BCUT2D eigenvalue weighted by atomic mass is 9.98. The number of allylic oxidation sites excluding steroid dienone is 2. The number of carbonyl (C=O) groups excluding carboxylic acids is 2. The van der Waals surface area contributed by atoms with E-state index >= 15 is 0 Å². The van der Waals surface area contributed by atoms with Crippen molar-refractivity contribution in [3.05, 3.63) is 12.2 Å². The second-order valence-electron chi connectivity index (χ2n) is 14.8. The van der Waals surface area contributed by atoms with Crippen LogP contribution in [0.3, 0.4) is 0 Å². The molecular formula is C40H72O15. The van der Waals surface area contributed by atoms with Gasteiger partial charge in [0.2, 0.25) is 0 Å². The highest BCUT2D eigenvalue weighted by molar-refractivity contribution is 5.70. The summed E-state index contributed by atoms with van der Waals surface area (Å²) in [6, 6.07) is 0. The fourth-order valence-electron chi connectivity index (χ4n) is 6.44. The summed E-state index contributed by atoms with van der Waals surface area (Å²) in [5.74, 6) is -0.949. The molecule has 7 N–H and O–H groups in total. The first-order valence-corrected chi connectivity index (χ1v) is 20.8. The minimum absolute atomic E-state index is 0.157. The van der Waals surface area contributed by atoms with Gasteiger partial charge in [-0.05, 0) is 38.5 Å². The van der Waals surface area contributed by atoms with Crippen LogP contribution in [0.5, 0.6) is 0 Å². The first-order chi connectivity index (χ1) is 26.5. The summed E-state index contributed by atoms with van der Waals surface area (Å²) >= 11 is 0. The van der Waals surface area contributed by atoms with Crippen molar-refractivity contribution >= 4 is 11.9 Å². The third-order valence-corrected chi connectivity index (χ3v) is 9.99. The summed E-state index contributed by atoms with van der Waals surface area (Å²) in [6.07, 6.45) is 6.06. The topological polar surface area (TPSA) is 231 Å². The molecule has 0 amide bonds. The van der Waals surface area contributed by atoms with Gasteiger partial charge < -0.3 is 64.2 Å². The molecule has 2 aliphatic rings. The van der Waals surface area contributed by atoms with Crippen LogP contribution in [0.2, 0.25) is 0 Å². The van der Waals surface area contributed by atoms with E-state index in [1.165, 1.54) is 32.1 Å². The van der Waals surface area contributed by atoms with Crippen LogP contribution < -0.4 is 0 Å². The molecule has 0 aromatic rings. The van der Waals surface area contributed by atoms with E-state index in [0.29, 0.717) is 12.8 Å². The average molecular weight is 793 g/mol. The van der Waals surface area contributed by atoms with E-state index in [9.17, 15) is 45.3 Å². The van der Waals surface area contributed by atoms with Crippen molar-refractivity contribution in [1.82, 2.24) is 0 Å². The van der Waals surface area contributed by atoms with Crippen LogP contribution >= 0.6 is 0 Å². The van der Waals surface area contributed by atoms with Gasteiger partial charge >= 0.3 is 11.9 Å². The Morgan fingerprint density at radius 1 is 0.564 bits per heavy atom. The summed E-state index contributed by atoms with van der Waals surface area (Å²) in [4.78, 5) is 25.3. The van der Waals surface area contributed by atoms with Gasteiger partial charge in [0.1, 0.15) is 55.4 Å². The lowest BCUT2D eigenvalue weighted by molar-refractivity contribution is -0.332. The van der Waals surface area contributed by atoms with Gasteiger partial charge in [-0.2, -0.15) is 0 Å². The first kappa shape index (κ1) is 49.4. The number of hydrogen-bond donors (Lipinski definition) is 7. The van der Waals surface area contributed by atoms with Gasteiger partial charge in [0.05, 0.1) is 19.8 Å². The Bertz CT molecular complexity index is 1030. The van der Waals surface area contributed by atoms with Gasteiger partial charge in [-0.25, -0.2) is 0 Å². The molecule has 55 heavy (non-hydrogen) atoms. The van der Waals surface area contributed by atoms with Gasteiger partial charge in [0, 0.05) is 12.8 Å². The Kier molecular flexibility index (Phi) is 26.4. The summed E-state index contributed by atoms with van der Waals surface area (Å²) in [5.41, 5.74) is 0. The maximum Gasteiger partial charge on any atom is 0.306 e. The monoisotopic (exact) mass is 792 g/mol. The molecule has 0 aliphatic carbocycles. The maximum atomic E-state index is 12.8. The molecule has 2 saturated heterocycles. The molecule has 11 atom stereocenters. The van der Waals surface area contributed by atoms with Gasteiger partial charge in [-0.1, -0.05) is 96.6 Å². The van der Waals surface area contributed by atoms with Crippen molar-refractivity contribution in [1.29, 1.82) is 0 Å². The summed E-state index contributed by atoms with van der Waals surface area (Å²) < 4.78 is 33.2. The lowest BCUT2D eigenvalue weighted by Gasteiger charge is -2.42. The molecule has 0 aromatic carbocycles. The molecule has 0 aromatic heterocycles. The standard InChI is InChI=1S/C40H72O15/c1-3-5-7-9-10-11-12-13-14-15-16-17-19-21-23-32(43)53-28(25-50-31(42)22-20-18-8-6-4-2)26-51-39-38(49)36(47)34(45)30(55-39)27-52-40-37(48)35(46)33(44)29(24-41)54-40/h12-13,28-30,33-41,44-49H,3-11,14-27H2,1-2H3/b13-12-. The molecule has 322 valence electrons. The minimum Gasteiger partial charge on any atom is -0.462 e. The number of carbonyl (C=O) groups is 2. The minimum atomic E-state index is -1.76. The molecule has 0 radical (unpaired) electrons. The molecule has 15 nitrogen and oxygen atoms in total. The van der Waals surface area contributed by atoms with Crippen molar-refractivity contribution in [3.63, 3.8) is 0 Å². The predicted molar refractivity (Wildman–Crippen MR) is 201 cm³/mol. The van der Waals surface area contributed by atoms with Crippen molar-refractivity contribution in [2.45, 2.75) is 203 Å². The highest BCUT2D eigenvalue weighted by Gasteiger charge is 2.47. The SMILES string of the molecule is CCCCCCC/C=C\CCCCCCCC(=O)OC(COC(=O)CCCCCCC)COC1OC(COC2OC(CO)C(O)C(O)C2O)C(O)C(O)C1O. The number of hydrogen-bond acceptors (Lipinski definition) is 15. The van der Waals surface area contributed by atoms with Crippen molar-refractivity contribution in [2.24, 2.45) is 0 Å². The average Bonchev–Trinajstić information content (AvgIpc) is 3.17. The molecule has 11 unspecified atom stereocenters. The molecule has 2 rings (SSSR count). The molecule has 0 bridgehead atoms. The maximum absolute atomic E-state index is 12.8. The van der Waals surface area contributed by atoms with Crippen LogP contribution in [-0.4, -0.2) is 142 Å². The number of rotatable bonds is 30. The molecular weight excluding hydrogens is 720 g/mol. The molecule has 2 aliphatic heterocycles. The largest absolute Gasteiger partial charge is 0.462 e. The second-order valence-corrected chi connectivity index (χ2v) is 14.8. The normalized spacial score (nSPS) is 29.0. The number of aliphatic hydroxyl groups is 7. The van der Waals surface area contributed by atoms with Crippen LogP contribution in [0.25, 0.3) is 0 Å². The zero-order valence-corrected chi connectivity index (χ0v) is 33.2.